The number of aryl methyl sites for hydroxylation is 1. The summed E-state index contributed by atoms with van der Waals surface area (Å²) >= 11 is 0. The van der Waals surface area contributed by atoms with E-state index in [0.717, 1.165) is 5.56 Å². The van der Waals surface area contributed by atoms with Gasteiger partial charge in [-0.05, 0) is 43.7 Å². The molecule has 2 rings (SSSR count). The SMILES string of the molecule is CC(C)C(C(=O)C(F)(F)C(=O)CCCc1ccccc1)N1CCC[C@H]1C(N)=O. The molecule has 1 unspecified atom stereocenters. The Morgan fingerprint density at radius 1 is 1.21 bits per heavy atom. The van der Waals surface area contributed by atoms with E-state index in [9.17, 15) is 23.2 Å². The number of primary amides is 1. The smallest absolute Gasteiger partial charge is 0.364 e. The van der Waals surface area contributed by atoms with E-state index in [-0.39, 0.29) is 12.8 Å². The van der Waals surface area contributed by atoms with Gasteiger partial charge in [0.25, 0.3) is 0 Å². The normalized spacial score (nSPS) is 19.0. The number of hydrogen-bond donors (Lipinski definition) is 1. The monoisotopic (exact) mass is 394 g/mol. The maximum absolute atomic E-state index is 14.7. The predicted octanol–water partition coefficient (Wildman–Crippen LogP) is 2.76. The van der Waals surface area contributed by atoms with E-state index >= 15 is 0 Å². The van der Waals surface area contributed by atoms with Crippen LogP contribution in [0.3, 0.4) is 0 Å². The number of likely N-dealkylation sites (tertiary alicyclic amines) is 1. The lowest BCUT2D eigenvalue weighted by Gasteiger charge is -2.34. The summed E-state index contributed by atoms with van der Waals surface area (Å²) < 4.78 is 29.4. The van der Waals surface area contributed by atoms with E-state index in [1.807, 2.05) is 30.3 Å². The number of carbonyl (C=O) groups excluding carboxylic acids is 3. The quantitative estimate of drug-likeness (QED) is 0.619. The van der Waals surface area contributed by atoms with E-state index in [1.165, 1.54) is 4.90 Å². The average molecular weight is 394 g/mol. The molecule has 154 valence electrons. The third-order valence-corrected chi connectivity index (χ3v) is 5.25. The molecule has 1 fully saturated rings. The van der Waals surface area contributed by atoms with Crippen molar-refractivity contribution in [2.24, 2.45) is 11.7 Å². The van der Waals surface area contributed by atoms with Crippen LogP contribution in [-0.2, 0) is 20.8 Å². The lowest BCUT2D eigenvalue weighted by molar-refractivity contribution is -0.162. The van der Waals surface area contributed by atoms with E-state index in [1.54, 1.807) is 13.8 Å². The van der Waals surface area contributed by atoms with Crippen LogP contribution in [0.15, 0.2) is 30.3 Å². The highest BCUT2D eigenvalue weighted by atomic mass is 19.3. The summed E-state index contributed by atoms with van der Waals surface area (Å²) in [7, 11) is 0. The molecule has 1 aromatic rings. The van der Waals surface area contributed by atoms with Crippen molar-refractivity contribution in [1.82, 2.24) is 4.90 Å². The van der Waals surface area contributed by atoms with Crippen molar-refractivity contribution in [3.63, 3.8) is 0 Å². The van der Waals surface area contributed by atoms with Gasteiger partial charge in [0.1, 0.15) is 0 Å². The van der Waals surface area contributed by atoms with E-state index < -0.39 is 41.4 Å². The van der Waals surface area contributed by atoms with Crippen LogP contribution in [0.25, 0.3) is 0 Å². The van der Waals surface area contributed by atoms with E-state index in [0.29, 0.717) is 25.8 Å². The Hall–Kier alpha value is -2.15. The number of nitrogens with two attached hydrogens (primary N) is 1. The van der Waals surface area contributed by atoms with Crippen molar-refractivity contribution in [1.29, 1.82) is 0 Å². The van der Waals surface area contributed by atoms with Crippen molar-refractivity contribution in [2.75, 3.05) is 6.54 Å². The second kappa shape index (κ2) is 9.37. The van der Waals surface area contributed by atoms with Crippen LogP contribution in [0, 0.1) is 5.92 Å². The van der Waals surface area contributed by atoms with Gasteiger partial charge in [0.05, 0.1) is 12.1 Å². The number of benzene rings is 1. The van der Waals surface area contributed by atoms with Gasteiger partial charge in [0.2, 0.25) is 17.5 Å². The van der Waals surface area contributed by atoms with Crippen molar-refractivity contribution >= 4 is 17.5 Å². The molecule has 1 saturated heterocycles. The lowest BCUT2D eigenvalue weighted by Crippen LogP contribution is -2.57. The number of hydrogen-bond acceptors (Lipinski definition) is 4. The number of amides is 1. The Bertz CT molecular complexity index is 707. The lowest BCUT2D eigenvalue weighted by atomic mass is 9.90. The Labute approximate surface area is 164 Å². The highest BCUT2D eigenvalue weighted by Gasteiger charge is 2.52. The predicted molar refractivity (Wildman–Crippen MR) is 102 cm³/mol. The molecule has 0 aromatic heterocycles. The van der Waals surface area contributed by atoms with Gasteiger partial charge >= 0.3 is 5.92 Å². The fourth-order valence-electron chi connectivity index (χ4n) is 3.84. The fraction of sp³-hybridized carbons (Fsp3) is 0.571. The van der Waals surface area contributed by atoms with Gasteiger partial charge in [0, 0.05) is 6.42 Å². The third-order valence-electron chi connectivity index (χ3n) is 5.25. The zero-order valence-electron chi connectivity index (χ0n) is 16.4. The molecule has 1 aliphatic rings. The number of Topliss-reactive ketones (excluding diaryl/α,β-unsaturated/α-hetero) is 2. The highest BCUT2D eigenvalue weighted by Crippen LogP contribution is 2.30. The summed E-state index contributed by atoms with van der Waals surface area (Å²) in [6.07, 6.45) is 1.38. The first-order valence-corrected chi connectivity index (χ1v) is 9.70. The van der Waals surface area contributed by atoms with Gasteiger partial charge in [-0.1, -0.05) is 44.2 Å². The van der Waals surface area contributed by atoms with Crippen LogP contribution in [0.4, 0.5) is 8.78 Å². The Kier molecular flexibility index (Phi) is 7.41. The molecule has 1 amide bonds. The van der Waals surface area contributed by atoms with Gasteiger partial charge in [-0.25, -0.2) is 0 Å². The highest BCUT2D eigenvalue weighted by molar-refractivity contribution is 6.10. The minimum Gasteiger partial charge on any atom is -0.368 e. The number of nitrogens with zero attached hydrogens (tertiary/aromatic N) is 1. The molecule has 1 aliphatic heterocycles. The summed E-state index contributed by atoms with van der Waals surface area (Å²) in [5.74, 6) is -7.98. The third kappa shape index (κ3) is 5.01. The first-order valence-electron chi connectivity index (χ1n) is 9.70. The Morgan fingerprint density at radius 3 is 2.43 bits per heavy atom. The van der Waals surface area contributed by atoms with Crippen LogP contribution in [-0.4, -0.2) is 46.9 Å². The summed E-state index contributed by atoms with van der Waals surface area (Å²) in [6.45, 7) is 3.60. The molecule has 2 atom stereocenters. The molecule has 0 spiro atoms. The molecule has 5 nitrogen and oxygen atoms in total. The summed E-state index contributed by atoms with van der Waals surface area (Å²) in [4.78, 5) is 37.9. The number of halogens is 2. The minimum absolute atomic E-state index is 0.242. The van der Waals surface area contributed by atoms with Crippen molar-refractivity contribution in [2.45, 2.75) is 64.0 Å². The largest absolute Gasteiger partial charge is 0.368 e. The van der Waals surface area contributed by atoms with Crippen LogP contribution in [0.1, 0.15) is 45.1 Å². The second-order valence-corrected chi connectivity index (χ2v) is 7.69. The summed E-state index contributed by atoms with van der Waals surface area (Å²) in [5.41, 5.74) is 6.32. The molecule has 1 aromatic carbocycles. The number of alkyl halides is 2. The maximum Gasteiger partial charge on any atom is 0.364 e. The molecule has 0 aliphatic carbocycles. The zero-order chi connectivity index (χ0) is 20.9. The number of ketones is 2. The minimum atomic E-state index is -4.07. The first kappa shape index (κ1) is 22.1. The second-order valence-electron chi connectivity index (χ2n) is 7.69. The van der Waals surface area contributed by atoms with Gasteiger partial charge in [-0.15, -0.1) is 0 Å². The summed E-state index contributed by atoms with van der Waals surface area (Å²) in [5, 5.41) is 0. The molecular weight excluding hydrogens is 366 g/mol. The van der Waals surface area contributed by atoms with Gasteiger partial charge < -0.3 is 5.73 Å². The van der Waals surface area contributed by atoms with Crippen molar-refractivity contribution in [3.8, 4) is 0 Å². The van der Waals surface area contributed by atoms with Crippen molar-refractivity contribution < 1.29 is 23.2 Å². The van der Waals surface area contributed by atoms with E-state index in [2.05, 4.69) is 0 Å². The Morgan fingerprint density at radius 2 is 1.86 bits per heavy atom. The standard InChI is InChI=1S/C21H28F2N2O3/c1-14(2)18(25-13-7-11-16(25)20(24)28)19(27)21(22,23)17(26)12-6-10-15-8-4-3-5-9-15/h3-5,8-9,14,16,18H,6-7,10-13H2,1-2H3,(H2,24,28)/t16-,18?/m0/s1. The Balaban J connectivity index is 2.07. The van der Waals surface area contributed by atoms with Gasteiger partial charge in [-0.3, -0.25) is 19.3 Å². The molecule has 0 radical (unpaired) electrons. The maximum atomic E-state index is 14.7. The van der Waals surface area contributed by atoms with Crippen LogP contribution in [0.2, 0.25) is 0 Å². The molecular formula is C21H28F2N2O3. The van der Waals surface area contributed by atoms with Crippen LogP contribution >= 0.6 is 0 Å². The zero-order valence-corrected chi connectivity index (χ0v) is 16.4. The van der Waals surface area contributed by atoms with Crippen molar-refractivity contribution in [3.05, 3.63) is 35.9 Å². The molecule has 0 bridgehead atoms. The summed E-state index contributed by atoms with van der Waals surface area (Å²) in [6, 6.07) is 7.29. The average Bonchev–Trinajstić information content (AvgIpc) is 3.11. The van der Waals surface area contributed by atoms with Gasteiger partial charge in [-0.2, -0.15) is 8.78 Å². The molecule has 2 N–H and O–H groups in total. The van der Waals surface area contributed by atoms with Crippen LogP contribution < -0.4 is 5.73 Å². The number of rotatable bonds is 10. The van der Waals surface area contributed by atoms with Crippen LogP contribution in [0.5, 0.6) is 0 Å². The fourth-order valence-corrected chi connectivity index (χ4v) is 3.84. The first-order chi connectivity index (χ1) is 13.2. The molecule has 7 heteroatoms. The topological polar surface area (TPSA) is 80.5 Å². The molecule has 0 saturated carbocycles. The number of carbonyl (C=O) groups is 3. The molecule has 28 heavy (non-hydrogen) atoms. The van der Waals surface area contributed by atoms with Gasteiger partial charge in [0.15, 0.2) is 0 Å². The molecule has 1 heterocycles. The van der Waals surface area contributed by atoms with E-state index in [4.69, 9.17) is 5.73 Å².